The molecule has 0 atom stereocenters. The van der Waals surface area contributed by atoms with Crippen LogP contribution in [0, 0.1) is 66.4 Å². The molecular formula is C33H43ClF2N4O6. The Morgan fingerprint density at radius 2 is 1.24 bits per heavy atom. The van der Waals surface area contributed by atoms with Gasteiger partial charge >= 0.3 is 0 Å². The maximum atomic E-state index is 14.1. The first-order valence-corrected chi connectivity index (χ1v) is 14.3. The fourth-order valence-corrected chi connectivity index (χ4v) is 3.06. The maximum Gasteiger partial charge on any atom is 0.273 e. The molecule has 10 nitrogen and oxygen atoms in total. The van der Waals surface area contributed by atoms with Crippen LogP contribution in [0.1, 0.15) is 99.6 Å². The third-order valence-electron chi connectivity index (χ3n) is 4.94. The summed E-state index contributed by atoms with van der Waals surface area (Å²) >= 11 is 4.94. The van der Waals surface area contributed by atoms with E-state index in [-0.39, 0.29) is 64.0 Å². The number of hydrogen-bond donors (Lipinski definition) is 2. The number of carbonyl (C=O) groups is 2. The number of nitrogen functional groups attached to an aromatic ring is 1. The average molecular weight is 665 g/mol. The van der Waals surface area contributed by atoms with Gasteiger partial charge < -0.3 is 11.1 Å². The van der Waals surface area contributed by atoms with Crippen LogP contribution >= 0.6 is 11.6 Å². The fourth-order valence-electron chi connectivity index (χ4n) is 2.87. The lowest BCUT2D eigenvalue weighted by Gasteiger charge is -2.10. The number of nitro benzene ring substituents is 2. The van der Waals surface area contributed by atoms with Gasteiger partial charge in [0, 0.05) is 35.8 Å². The quantitative estimate of drug-likeness (QED) is 0.0984. The molecule has 0 aliphatic carbocycles. The van der Waals surface area contributed by atoms with Crippen LogP contribution in [0.25, 0.3) is 0 Å². The molecule has 0 aliphatic heterocycles. The average Bonchev–Trinajstić information content (AvgIpc) is 2.89. The Hall–Kier alpha value is -4.55. The standard InChI is InChI=1S/C16H19FN2O3.C12H13FN2O2.C4H7ClO.CH4/c1-5-6-14(20)18-15-11(7-8-16(2,3)4)9-12(19(21)22)10-13(15)17;1-12(2,3)5-4-8-6-9(15(16)17)7-10(13)11(8)14;1-2-3-4(5)6;/h9-10H,5-6H2,1-4H3,(H,18,20);6-7H,14H2,1-3H3;2-3H2,1H3;1H4. The molecule has 2 rings (SSSR count). The summed E-state index contributed by atoms with van der Waals surface area (Å²) in [5.41, 5.74) is 4.07. The van der Waals surface area contributed by atoms with Crippen molar-refractivity contribution < 1.29 is 28.2 Å². The summed E-state index contributed by atoms with van der Waals surface area (Å²) < 4.78 is 27.4. The summed E-state index contributed by atoms with van der Waals surface area (Å²) in [6.45, 7) is 15.0. The largest absolute Gasteiger partial charge is 0.395 e. The monoisotopic (exact) mass is 664 g/mol. The molecule has 0 fully saturated rings. The van der Waals surface area contributed by atoms with E-state index in [1.807, 2.05) is 55.4 Å². The molecule has 0 heterocycles. The molecule has 0 saturated carbocycles. The molecule has 13 heteroatoms. The second kappa shape index (κ2) is 19.8. The number of rotatable bonds is 7. The summed E-state index contributed by atoms with van der Waals surface area (Å²) in [6, 6.07) is 3.92. The van der Waals surface area contributed by atoms with Gasteiger partial charge in [-0.25, -0.2) is 8.78 Å². The van der Waals surface area contributed by atoms with Crippen molar-refractivity contribution in [3.63, 3.8) is 0 Å². The molecule has 0 saturated heterocycles. The lowest BCUT2D eigenvalue weighted by molar-refractivity contribution is -0.385. The number of nitrogens with two attached hydrogens (primary N) is 1. The minimum atomic E-state index is -0.864. The van der Waals surface area contributed by atoms with Crippen LogP contribution in [0.4, 0.5) is 31.5 Å². The Balaban J connectivity index is 0. The van der Waals surface area contributed by atoms with E-state index in [2.05, 4.69) is 29.0 Å². The van der Waals surface area contributed by atoms with Crippen molar-refractivity contribution in [2.45, 2.75) is 88.5 Å². The number of nitro groups is 2. The molecule has 0 unspecified atom stereocenters. The van der Waals surface area contributed by atoms with E-state index in [0.29, 0.717) is 12.8 Å². The van der Waals surface area contributed by atoms with Gasteiger partial charge in [0.15, 0.2) is 11.6 Å². The zero-order chi connectivity index (χ0) is 35.1. The molecule has 0 spiro atoms. The normalized spacial score (nSPS) is 10.1. The van der Waals surface area contributed by atoms with Crippen molar-refractivity contribution >= 4 is 45.5 Å². The van der Waals surface area contributed by atoms with Gasteiger partial charge in [-0.3, -0.25) is 29.8 Å². The number of halogens is 3. The molecule has 0 aliphatic rings. The molecule has 1 amide bonds. The topological polar surface area (TPSA) is 158 Å². The highest BCUT2D eigenvalue weighted by molar-refractivity contribution is 6.63. The lowest BCUT2D eigenvalue weighted by atomic mass is 9.97. The van der Waals surface area contributed by atoms with Gasteiger partial charge in [-0.1, -0.05) is 45.0 Å². The minimum absolute atomic E-state index is 0. The first-order chi connectivity index (χ1) is 20.6. The molecule has 2 aromatic carbocycles. The second-order valence-corrected chi connectivity index (χ2v) is 12.1. The predicted molar refractivity (Wildman–Crippen MR) is 179 cm³/mol. The van der Waals surface area contributed by atoms with Crippen molar-refractivity contribution in [3.05, 3.63) is 67.3 Å². The SMILES string of the molecule is C.CC(C)(C)C#Cc1cc([N+](=O)[O-])cc(F)c1N.CCCC(=O)Cl.CCCC(=O)Nc1c(F)cc([N+](=O)[O-])cc1C#CC(C)(C)C. The Kier molecular flexibility index (Phi) is 18.7. The van der Waals surface area contributed by atoms with Crippen LogP contribution < -0.4 is 11.1 Å². The van der Waals surface area contributed by atoms with Crippen LogP contribution in [-0.4, -0.2) is 21.0 Å². The number of nitrogens with one attached hydrogen (secondary N) is 1. The molecule has 46 heavy (non-hydrogen) atoms. The minimum Gasteiger partial charge on any atom is -0.395 e. The summed E-state index contributed by atoms with van der Waals surface area (Å²) in [5, 5.41) is 23.6. The first kappa shape index (κ1) is 43.6. The smallest absolute Gasteiger partial charge is 0.273 e. The number of carbonyl (C=O) groups excluding carboxylic acids is 2. The number of hydrogen-bond acceptors (Lipinski definition) is 7. The van der Waals surface area contributed by atoms with Crippen molar-refractivity contribution in [1.82, 2.24) is 0 Å². The van der Waals surface area contributed by atoms with Gasteiger partial charge in [-0.2, -0.15) is 0 Å². The van der Waals surface area contributed by atoms with E-state index in [1.54, 1.807) is 0 Å². The van der Waals surface area contributed by atoms with E-state index < -0.39 is 27.2 Å². The van der Waals surface area contributed by atoms with Gasteiger partial charge in [0.25, 0.3) is 11.4 Å². The van der Waals surface area contributed by atoms with Gasteiger partial charge in [0.2, 0.25) is 11.1 Å². The van der Waals surface area contributed by atoms with E-state index in [9.17, 15) is 38.6 Å². The molecule has 3 N–H and O–H groups in total. The third-order valence-corrected chi connectivity index (χ3v) is 5.13. The van der Waals surface area contributed by atoms with E-state index in [1.165, 1.54) is 12.1 Å². The van der Waals surface area contributed by atoms with E-state index in [0.717, 1.165) is 18.6 Å². The van der Waals surface area contributed by atoms with Gasteiger partial charge in [-0.05, 0) is 66.0 Å². The summed E-state index contributed by atoms with van der Waals surface area (Å²) in [6.07, 6.45) is 2.20. The van der Waals surface area contributed by atoms with Crippen molar-refractivity contribution in [2.24, 2.45) is 10.8 Å². The van der Waals surface area contributed by atoms with E-state index >= 15 is 0 Å². The van der Waals surface area contributed by atoms with Crippen LogP contribution in [0.5, 0.6) is 0 Å². The van der Waals surface area contributed by atoms with Crippen LogP contribution in [0.2, 0.25) is 0 Å². The third kappa shape index (κ3) is 17.7. The van der Waals surface area contributed by atoms with Gasteiger partial charge in [0.05, 0.1) is 44.5 Å². The molecule has 252 valence electrons. The van der Waals surface area contributed by atoms with Crippen LogP contribution in [-0.2, 0) is 9.59 Å². The Bertz CT molecular complexity index is 1530. The summed E-state index contributed by atoms with van der Waals surface area (Å²) in [4.78, 5) is 41.5. The second-order valence-electron chi connectivity index (χ2n) is 11.7. The molecular weight excluding hydrogens is 622 g/mol. The van der Waals surface area contributed by atoms with Gasteiger partial charge in [0.1, 0.15) is 0 Å². The Labute approximate surface area is 274 Å². The molecule has 2 aromatic rings. The van der Waals surface area contributed by atoms with Crippen molar-refractivity contribution in [1.29, 1.82) is 0 Å². The van der Waals surface area contributed by atoms with Crippen molar-refractivity contribution in [2.75, 3.05) is 11.1 Å². The molecule has 0 aromatic heterocycles. The molecule has 0 radical (unpaired) electrons. The predicted octanol–water partition coefficient (Wildman–Crippen LogP) is 8.77. The first-order valence-electron chi connectivity index (χ1n) is 13.9. The maximum absolute atomic E-state index is 14.1. The number of amides is 1. The number of nitrogens with zero attached hydrogens (tertiary/aromatic N) is 2. The van der Waals surface area contributed by atoms with Crippen LogP contribution in [0.15, 0.2) is 24.3 Å². The summed E-state index contributed by atoms with van der Waals surface area (Å²) in [7, 11) is 0. The number of anilines is 2. The summed E-state index contributed by atoms with van der Waals surface area (Å²) in [5.74, 6) is 9.10. The Morgan fingerprint density at radius 1 is 0.826 bits per heavy atom. The van der Waals surface area contributed by atoms with Crippen LogP contribution in [0.3, 0.4) is 0 Å². The highest BCUT2D eigenvalue weighted by atomic mass is 35.5. The highest BCUT2D eigenvalue weighted by Gasteiger charge is 2.18. The van der Waals surface area contributed by atoms with Gasteiger partial charge in [-0.15, -0.1) is 0 Å². The van der Waals surface area contributed by atoms with Crippen molar-refractivity contribution in [3.8, 4) is 23.7 Å². The molecule has 0 bridgehead atoms. The zero-order valence-electron chi connectivity index (χ0n) is 26.7. The van der Waals surface area contributed by atoms with E-state index in [4.69, 9.17) is 17.3 Å². The highest BCUT2D eigenvalue weighted by Crippen LogP contribution is 2.27. The Morgan fingerprint density at radius 3 is 1.61 bits per heavy atom. The zero-order valence-corrected chi connectivity index (χ0v) is 27.4. The lowest BCUT2D eigenvalue weighted by Crippen LogP contribution is -2.13. The fraction of sp³-hybridized carbons (Fsp3) is 0.455. The number of non-ortho nitro benzene ring substituents is 2. The number of benzene rings is 2.